The maximum absolute atomic E-state index is 12.3. The Kier molecular flexibility index (Phi) is 8.00. The second-order valence-corrected chi connectivity index (χ2v) is 6.40. The van der Waals surface area contributed by atoms with E-state index in [1.807, 2.05) is 37.3 Å². The quantitative estimate of drug-likeness (QED) is 0.464. The molecular weight excluding hydrogens is 433 g/mol. The Balaban J connectivity index is 2.17. The minimum Gasteiger partial charge on any atom is -0.490 e. The van der Waals surface area contributed by atoms with Crippen molar-refractivity contribution < 1.29 is 19.0 Å². The third-order valence-electron chi connectivity index (χ3n) is 3.39. The molecule has 0 unspecified atom stereocenters. The van der Waals surface area contributed by atoms with Gasteiger partial charge in [0.25, 0.3) is 5.91 Å². The Morgan fingerprint density at radius 2 is 1.92 bits per heavy atom. The van der Waals surface area contributed by atoms with E-state index in [4.69, 9.17) is 14.2 Å². The van der Waals surface area contributed by atoms with Crippen molar-refractivity contribution in [3.05, 3.63) is 57.2 Å². The molecule has 2 aromatic rings. The zero-order chi connectivity index (χ0) is 18.1. The average molecular weight is 455 g/mol. The highest BCUT2D eigenvalue weighted by molar-refractivity contribution is 14.1. The maximum Gasteiger partial charge on any atom is 0.251 e. The van der Waals surface area contributed by atoms with E-state index >= 15 is 0 Å². The first-order valence-electron chi connectivity index (χ1n) is 8.06. The summed E-state index contributed by atoms with van der Waals surface area (Å²) in [6.07, 6.45) is 0. The topological polar surface area (TPSA) is 56.8 Å². The Hall–Kier alpha value is -1.80. The zero-order valence-electron chi connectivity index (χ0n) is 14.4. The lowest BCUT2D eigenvalue weighted by Crippen LogP contribution is -2.27. The van der Waals surface area contributed by atoms with E-state index in [1.165, 1.54) is 0 Å². The number of hydrogen-bond donors (Lipinski definition) is 1. The number of nitrogens with one attached hydrogen (secondary N) is 1. The lowest BCUT2D eigenvalue weighted by Gasteiger charge is -2.15. The maximum atomic E-state index is 12.3. The number of rotatable bonds is 9. The number of hydrogen-bond acceptors (Lipinski definition) is 4. The fourth-order valence-electron chi connectivity index (χ4n) is 2.20. The molecule has 0 saturated heterocycles. The van der Waals surface area contributed by atoms with E-state index in [-0.39, 0.29) is 5.91 Å². The van der Waals surface area contributed by atoms with Gasteiger partial charge < -0.3 is 19.5 Å². The van der Waals surface area contributed by atoms with Crippen molar-refractivity contribution in [3.63, 3.8) is 0 Å². The number of halogens is 1. The van der Waals surface area contributed by atoms with Crippen LogP contribution in [0.4, 0.5) is 0 Å². The molecule has 1 N–H and O–H groups in total. The van der Waals surface area contributed by atoms with Crippen molar-refractivity contribution in [3.8, 4) is 11.5 Å². The summed E-state index contributed by atoms with van der Waals surface area (Å²) in [5, 5.41) is 2.81. The van der Waals surface area contributed by atoms with Crippen molar-refractivity contribution in [2.45, 2.75) is 13.5 Å². The Morgan fingerprint density at radius 3 is 2.60 bits per heavy atom. The molecular formula is C19H22INO4. The highest BCUT2D eigenvalue weighted by atomic mass is 127. The largest absolute Gasteiger partial charge is 0.490 e. The first-order chi connectivity index (χ1) is 12.2. The standard InChI is InChI=1S/C19H22INO4/c1-3-24-17-12-15(19(22)21-9-10-23-2)11-16(20)18(17)25-13-14-7-5-4-6-8-14/h4-8,11-12H,3,9-10,13H2,1-2H3,(H,21,22). The Morgan fingerprint density at radius 1 is 1.16 bits per heavy atom. The van der Waals surface area contributed by atoms with Gasteiger partial charge in [-0.05, 0) is 47.2 Å². The van der Waals surface area contributed by atoms with Gasteiger partial charge in [0.15, 0.2) is 11.5 Å². The van der Waals surface area contributed by atoms with Crippen molar-refractivity contribution in [2.75, 3.05) is 26.9 Å². The molecule has 0 atom stereocenters. The summed E-state index contributed by atoms with van der Waals surface area (Å²) in [6, 6.07) is 13.4. The van der Waals surface area contributed by atoms with Crippen LogP contribution in [0, 0.1) is 3.57 Å². The van der Waals surface area contributed by atoms with Gasteiger partial charge in [0, 0.05) is 19.2 Å². The number of methoxy groups -OCH3 is 1. The fraction of sp³-hybridized carbons (Fsp3) is 0.316. The van der Waals surface area contributed by atoms with Gasteiger partial charge in [-0.25, -0.2) is 0 Å². The van der Waals surface area contributed by atoms with E-state index in [2.05, 4.69) is 27.9 Å². The highest BCUT2D eigenvalue weighted by Crippen LogP contribution is 2.34. The van der Waals surface area contributed by atoms with E-state index in [1.54, 1.807) is 19.2 Å². The number of carbonyl (C=O) groups is 1. The molecule has 0 aliphatic rings. The molecule has 1 amide bonds. The van der Waals surface area contributed by atoms with E-state index in [9.17, 15) is 4.79 Å². The second-order valence-electron chi connectivity index (χ2n) is 5.24. The normalized spacial score (nSPS) is 10.4. The first kappa shape index (κ1) is 19.5. The molecule has 0 fully saturated rings. The third kappa shape index (κ3) is 5.89. The summed E-state index contributed by atoms with van der Waals surface area (Å²) < 4.78 is 17.4. The molecule has 0 bridgehead atoms. The molecule has 0 aromatic heterocycles. The minimum absolute atomic E-state index is 0.162. The summed E-state index contributed by atoms with van der Waals surface area (Å²) in [7, 11) is 1.60. The van der Waals surface area contributed by atoms with Crippen molar-refractivity contribution in [2.24, 2.45) is 0 Å². The van der Waals surface area contributed by atoms with Gasteiger partial charge in [-0.15, -0.1) is 0 Å². The molecule has 6 heteroatoms. The molecule has 0 saturated carbocycles. The van der Waals surface area contributed by atoms with Gasteiger partial charge in [-0.2, -0.15) is 0 Å². The predicted molar refractivity (Wildman–Crippen MR) is 105 cm³/mol. The fourth-order valence-corrected chi connectivity index (χ4v) is 2.96. The zero-order valence-corrected chi connectivity index (χ0v) is 16.5. The predicted octanol–water partition coefficient (Wildman–Crippen LogP) is 3.65. The van der Waals surface area contributed by atoms with Crippen LogP contribution in [-0.2, 0) is 11.3 Å². The highest BCUT2D eigenvalue weighted by Gasteiger charge is 2.16. The molecule has 134 valence electrons. The summed E-state index contributed by atoms with van der Waals surface area (Å²) in [4.78, 5) is 12.3. The number of amides is 1. The van der Waals surface area contributed by atoms with E-state index in [0.29, 0.717) is 43.4 Å². The van der Waals surface area contributed by atoms with Gasteiger partial charge in [0.05, 0.1) is 16.8 Å². The number of ether oxygens (including phenoxy) is 3. The van der Waals surface area contributed by atoms with Crippen molar-refractivity contribution in [1.82, 2.24) is 5.32 Å². The molecule has 2 rings (SSSR count). The van der Waals surface area contributed by atoms with Crippen LogP contribution >= 0.6 is 22.6 Å². The van der Waals surface area contributed by atoms with Crippen LogP contribution in [0.15, 0.2) is 42.5 Å². The molecule has 25 heavy (non-hydrogen) atoms. The first-order valence-corrected chi connectivity index (χ1v) is 9.13. The summed E-state index contributed by atoms with van der Waals surface area (Å²) in [5.41, 5.74) is 1.61. The monoisotopic (exact) mass is 455 g/mol. The number of carbonyl (C=O) groups excluding carboxylic acids is 1. The van der Waals surface area contributed by atoms with Crippen LogP contribution in [0.2, 0.25) is 0 Å². The third-order valence-corrected chi connectivity index (χ3v) is 4.19. The average Bonchev–Trinajstić information content (AvgIpc) is 2.62. The van der Waals surface area contributed by atoms with Crippen LogP contribution in [0.1, 0.15) is 22.8 Å². The molecule has 0 aliphatic carbocycles. The Bertz CT molecular complexity index is 691. The van der Waals surface area contributed by atoms with Crippen LogP contribution in [0.3, 0.4) is 0 Å². The summed E-state index contributed by atoms with van der Waals surface area (Å²) in [5.74, 6) is 1.06. The SMILES string of the molecule is CCOc1cc(C(=O)NCCOC)cc(I)c1OCc1ccccc1. The molecule has 0 spiro atoms. The van der Waals surface area contributed by atoms with Crippen LogP contribution in [0.5, 0.6) is 11.5 Å². The van der Waals surface area contributed by atoms with Crippen LogP contribution < -0.4 is 14.8 Å². The Labute approximate surface area is 161 Å². The molecule has 2 aromatic carbocycles. The van der Waals surface area contributed by atoms with Gasteiger partial charge >= 0.3 is 0 Å². The minimum atomic E-state index is -0.162. The van der Waals surface area contributed by atoms with Crippen LogP contribution in [0.25, 0.3) is 0 Å². The smallest absolute Gasteiger partial charge is 0.251 e. The lowest BCUT2D eigenvalue weighted by atomic mass is 10.2. The lowest BCUT2D eigenvalue weighted by molar-refractivity contribution is 0.0936. The van der Waals surface area contributed by atoms with Crippen molar-refractivity contribution in [1.29, 1.82) is 0 Å². The summed E-state index contributed by atoms with van der Waals surface area (Å²) >= 11 is 2.16. The molecule has 0 aliphatic heterocycles. The van der Waals surface area contributed by atoms with Gasteiger partial charge in [-0.3, -0.25) is 4.79 Å². The van der Waals surface area contributed by atoms with Gasteiger partial charge in [0.2, 0.25) is 0 Å². The van der Waals surface area contributed by atoms with E-state index in [0.717, 1.165) is 9.13 Å². The summed E-state index contributed by atoms with van der Waals surface area (Å²) in [6.45, 7) is 3.77. The second kappa shape index (κ2) is 10.2. The van der Waals surface area contributed by atoms with Gasteiger partial charge in [-0.1, -0.05) is 30.3 Å². The molecule has 5 nitrogen and oxygen atoms in total. The van der Waals surface area contributed by atoms with E-state index < -0.39 is 0 Å². The van der Waals surface area contributed by atoms with Crippen LogP contribution in [-0.4, -0.2) is 32.8 Å². The van der Waals surface area contributed by atoms with Crippen molar-refractivity contribution >= 4 is 28.5 Å². The molecule has 0 radical (unpaired) electrons. The van der Waals surface area contributed by atoms with Gasteiger partial charge in [0.1, 0.15) is 6.61 Å². The number of benzene rings is 2. The molecule has 0 heterocycles.